The minimum Gasteiger partial charge on any atom is -0.507 e. The maximum atomic E-state index is 14.6. The number of para-hydroxylation sites is 1. The van der Waals surface area contributed by atoms with E-state index in [9.17, 15) is 19.5 Å². The second-order valence-electron chi connectivity index (χ2n) is 12.5. The van der Waals surface area contributed by atoms with Crippen molar-refractivity contribution in [3.05, 3.63) is 65.2 Å². The Labute approximate surface area is 243 Å². The molecule has 2 atom stereocenters. The number of ether oxygens (including phenoxy) is 1. The molecule has 4 rings (SSSR count). The van der Waals surface area contributed by atoms with E-state index in [2.05, 4.69) is 10.6 Å². The number of hydrogen-bond donors (Lipinski definition) is 3. The first-order valence-electron chi connectivity index (χ1n) is 15.0. The van der Waals surface area contributed by atoms with Gasteiger partial charge >= 0.3 is 6.09 Å². The monoisotopic (exact) mass is 563 g/mol. The number of carbonyl (C=O) groups excluding carboxylic acids is 3. The third-order valence-electron chi connectivity index (χ3n) is 8.04. The molecule has 2 saturated carbocycles. The number of aryl methyl sites for hydroxylation is 1. The Hall–Kier alpha value is -3.55. The van der Waals surface area contributed by atoms with Gasteiger partial charge in [0.25, 0.3) is 0 Å². The number of nitrogens with zero attached hydrogens (tertiary/aromatic N) is 1. The topological polar surface area (TPSA) is 108 Å². The van der Waals surface area contributed by atoms with E-state index in [0.717, 1.165) is 56.9 Å². The Balaban J connectivity index is 1.73. The van der Waals surface area contributed by atoms with Crippen molar-refractivity contribution in [2.45, 2.75) is 115 Å². The Morgan fingerprint density at radius 3 is 2.24 bits per heavy atom. The molecule has 0 aliphatic heterocycles. The molecule has 2 unspecified atom stereocenters. The molecule has 0 heterocycles. The average molecular weight is 564 g/mol. The van der Waals surface area contributed by atoms with Crippen LogP contribution in [0.5, 0.6) is 5.75 Å². The first kappa shape index (κ1) is 30.4. The summed E-state index contributed by atoms with van der Waals surface area (Å²) < 4.78 is 5.52. The fraction of sp³-hybridized carbons (Fsp3) is 0.545. The van der Waals surface area contributed by atoms with E-state index in [1.165, 1.54) is 0 Å². The van der Waals surface area contributed by atoms with Gasteiger partial charge in [-0.3, -0.25) is 9.59 Å². The van der Waals surface area contributed by atoms with E-state index >= 15 is 0 Å². The van der Waals surface area contributed by atoms with Crippen molar-refractivity contribution < 1.29 is 24.2 Å². The summed E-state index contributed by atoms with van der Waals surface area (Å²) in [4.78, 5) is 43.3. The standard InChI is InChI=1S/C33H45N3O5/c1-22-13-11-20-26(29(22)37)28(30(38)34-24-16-9-6-10-17-24)36(25-18-12-19-25)31(39)27(21-23-14-7-5-8-15-23)35-32(40)41-33(2,3)4/h5,7-8,11,13-15,20,24-25,27-28,37H,6,9-10,12,16-19,21H2,1-4H3,(H,34,38)(H,35,40). The van der Waals surface area contributed by atoms with E-state index in [-0.39, 0.29) is 36.1 Å². The fourth-order valence-corrected chi connectivity index (χ4v) is 5.71. The third kappa shape index (κ3) is 8.02. The van der Waals surface area contributed by atoms with Crippen LogP contribution in [-0.2, 0) is 20.7 Å². The summed E-state index contributed by atoms with van der Waals surface area (Å²) in [6.07, 6.45) is 7.02. The van der Waals surface area contributed by atoms with Crippen molar-refractivity contribution >= 4 is 17.9 Å². The molecule has 2 aromatic carbocycles. The molecule has 0 radical (unpaired) electrons. The number of phenolic OH excluding ortho intramolecular Hbond substituents is 1. The molecule has 3 N–H and O–H groups in total. The molecule has 2 aliphatic carbocycles. The molecular formula is C33H45N3O5. The molecule has 0 bridgehead atoms. The zero-order chi connectivity index (χ0) is 29.6. The van der Waals surface area contributed by atoms with Gasteiger partial charge in [0.15, 0.2) is 0 Å². The van der Waals surface area contributed by atoms with Gasteiger partial charge in [0, 0.05) is 24.1 Å². The molecule has 8 heteroatoms. The van der Waals surface area contributed by atoms with Gasteiger partial charge < -0.3 is 25.4 Å². The first-order chi connectivity index (χ1) is 19.5. The quantitative estimate of drug-likeness (QED) is 0.362. The van der Waals surface area contributed by atoms with Crippen LogP contribution in [0.4, 0.5) is 4.79 Å². The number of aromatic hydroxyl groups is 1. The van der Waals surface area contributed by atoms with Gasteiger partial charge in [-0.1, -0.05) is 67.8 Å². The Kier molecular flexibility index (Phi) is 9.94. The third-order valence-corrected chi connectivity index (χ3v) is 8.04. The van der Waals surface area contributed by atoms with Gasteiger partial charge in [0.05, 0.1) is 0 Å². The molecule has 3 amide bonds. The van der Waals surface area contributed by atoms with Crippen molar-refractivity contribution in [1.29, 1.82) is 0 Å². The molecule has 0 aromatic heterocycles. The Morgan fingerprint density at radius 1 is 0.951 bits per heavy atom. The van der Waals surface area contributed by atoms with Gasteiger partial charge in [-0.15, -0.1) is 0 Å². The number of phenols is 1. The zero-order valence-electron chi connectivity index (χ0n) is 24.8. The number of benzene rings is 2. The maximum absolute atomic E-state index is 14.6. The Morgan fingerprint density at radius 2 is 1.63 bits per heavy atom. The lowest BCUT2D eigenvalue weighted by Gasteiger charge is -2.44. The van der Waals surface area contributed by atoms with Gasteiger partial charge in [-0.05, 0) is 70.9 Å². The zero-order valence-corrected chi connectivity index (χ0v) is 24.8. The summed E-state index contributed by atoms with van der Waals surface area (Å²) >= 11 is 0. The summed E-state index contributed by atoms with van der Waals surface area (Å²) in [5.74, 6) is -0.656. The van der Waals surface area contributed by atoms with Crippen molar-refractivity contribution in [2.75, 3.05) is 0 Å². The van der Waals surface area contributed by atoms with Crippen LogP contribution in [0.2, 0.25) is 0 Å². The van der Waals surface area contributed by atoms with Crippen LogP contribution >= 0.6 is 0 Å². The highest BCUT2D eigenvalue weighted by molar-refractivity contribution is 5.93. The van der Waals surface area contributed by atoms with Gasteiger partial charge in [0.1, 0.15) is 23.4 Å². The second kappa shape index (κ2) is 13.4. The van der Waals surface area contributed by atoms with Crippen molar-refractivity contribution in [3.63, 3.8) is 0 Å². The van der Waals surface area contributed by atoms with Crippen LogP contribution in [0.1, 0.15) is 94.9 Å². The lowest BCUT2D eigenvalue weighted by atomic mass is 9.87. The summed E-state index contributed by atoms with van der Waals surface area (Å²) in [6, 6.07) is 12.6. The summed E-state index contributed by atoms with van der Waals surface area (Å²) in [7, 11) is 0. The minimum atomic E-state index is -1.03. The molecule has 2 aliphatic rings. The number of rotatable bonds is 9. The van der Waals surface area contributed by atoms with E-state index in [1.807, 2.05) is 30.3 Å². The van der Waals surface area contributed by atoms with Crippen LogP contribution in [0.15, 0.2) is 48.5 Å². The SMILES string of the molecule is Cc1cccc(C(C(=O)NC2CCCCC2)N(C(=O)C(Cc2ccccc2)NC(=O)OC(C)(C)C)C2CCC2)c1O. The smallest absolute Gasteiger partial charge is 0.408 e. The van der Waals surface area contributed by atoms with E-state index in [4.69, 9.17) is 4.74 Å². The lowest BCUT2D eigenvalue weighted by Crippen LogP contribution is -2.58. The molecule has 2 aromatic rings. The summed E-state index contributed by atoms with van der Waals surface area (Å²) in [6.45, 7) is 7.10. The summed E-state index contributed by atoms with van der Waals surface area (Å²) in [5.41, 5.74) is 1.16. The van der Waals surface area contributed by atoms with Crippen molar-refractivity contribution in [3.8, 4) is 5.75 Å². The highest BCUT2D eigenvalue weighted by Crippen LogP contribution is 2.38. The van der Waals surface area contributed by atoms with Crippen LogP contribution in [0.25, 0.3) is 0 Å². The summed E-state index contributed by atoms with van der Waals surface area (Å²) in [5, 5.41) is 17.2. The predicted octanol–water partition coefficient (Wildman–Crippen LogP) is 5.71. The van der Waals surface area contributed by atoms with E-state index in [1.54, 1.807) is 50.8 Å². The Bertz CT molecular complexity index is 1200. The van der Waals surface area contributed by atoms with Gasteiger partial charge in [0.2, 0.25) is 11.8 Å². The molecule has 8 nitrogen and oxygen atoms in total. The fourth-order valence-electron chi connectivity index (χ4n) is 5.71. The van der Waals surface area contributed by atoms with Crippen molar-refractivity contribution in [1.82, 2.24) is 15.5 Å². The normalized spacial score (nSPS) is 17.6. The number of carbonyl (C=O) groups is 3. The molecule has 0 saturated heterocycles. The predicted molar refractivity (Wildman–Crippen MR) is 158 cm³/mol. The van der Waals surface area contributed by atoms with Crippen LogP contribution in [0.3, 0.4) is 0 Å². The minimum absolute atomic E-state index is 0.00753. The van der Waals surface area contributed by atoms with Gasteiger partial charge in [-0.25, -0.2) is 4.79 Å². The molecular weight excluding hydrogens is 518 g/mol. The van der Waals surface area contributed by atoms with Crippen LogP contribution < -0.4 is 10.6 Å². The highest BCUT2D eigenvalue weighted by Gasteiger charge is 2.43. The number of nitrogens with one attached hydrogen (secondary N) is 2. The van der Waals surface area contributed by atoms with Gasteiger partial charge in [-0.2, -0.15) is 0 Å². The second-order valence-corrected chi connectivity index (χ2v) is 12.5. The van der Waals surface area contributed by atoms with E-state index in [0.29, 0.717) is 11.1 Å². The number of alkyl carbamates (subject to hydrolysis) is 1. The molecule has 2 fully saturated rings. The molecule has 0 spiro atoms. The number of hydrogen-bond acceptors (Lipinski definition) is 5. The number of amides is 3. The lowest BCUT2D eigenvalue weighted by molar-refractivity contribution is -0.147. The average Bonchev–Trinajstić information content (AvgIpc) is 2.89. The van der Waals surface area contributed by atoms with E-state index < -0.39 is 23.8 Å². The van der Waals surface area contributed by atoms with Crippen LogP contribution in [0, 0.1) is 6.92 Å². The largest absolute Gasteiger partial charge is 0.507 e. The van der Waals surface area contributed by atoms with Crippen molar-refractivity contribution in [2.24, 2.45) is 0 Å². The maximum Gasteiger partial charge on any atom is 0.408 e. The molecule has 222 valence electrons. The highest BCUT2D eigenvalue weighted by atomic mass is 16.6. The molecule has 41 heavy (non-hydrogen) atoms. The first-order valence-corrected chi connectivity index (χ1v) is 15.0. The van der Waals surface area contributed by atoms with Crippen LogP contribution in [-0.4, -0.2) is 51.6 Å².